The van der Waals surface area contributed by atoms with Gasteiger partial charge in [-0.05, 0) is 60.3 Å². The van der Waals surface area contributed by atoms with E-state index in [9.17, 15) is 9.90 Å². The van der Waals surface area contributed by atoms with Crippen LogP contribution in [0.5, 0.6) is 5.88 Å². The van der Waals surface area contributed by atoms with Gasteiger partial charge in [-0.3, -0.25) is 9.36 Å². The predicted octanol–water partition coefficient (Wildman–Crippen LogP) is 5.48. The molecule has 1 saturated carbocycles. The fourth-order valence-electron chi connectivity index (χ4n) is 4.40. The van der Waals surface area contributed by atoms with E-state index in [2.05, 4.69) is 68.2 Å². The van der Waals surface area contributed by atoms with Crippen molar-refractivity contribution in [3.63, 3.8) is 0 Å². The standard InChI is InChI=1S/C27H32N2O2/c1-4-8-24-28-26(30)23(17-18-11-13-21(14-12-18)22-15-16-22)27(31)29(24)25-19(5-2)9-7-10-20(25)6-3/h7,9-14,22,31H,4-6,8,15-17H2,1-3H3. The van der Waals surface area contributed by atoms with Crippen LogP contribution in [-0.2, 0) is 25.7 Å². The SMILES string of the molecule is CCCc1nc(=O)c(Cc2ccc(C3CC3)cc2)c(O)n1-c1c(CC)cccc1CC. The maximum Gasteiger partial charge on any atom is 0.280 e. The van der Waals surface area contributed by atoms with Gasteiger partial charge in [-0.25, -0.2) is 0 Å². The summed E-state index contributed by atoms with van der Waals surface area (Å²) >= 11 is 0. The van der Waals surface area contributed by atoms with Crippen LogP contribution in [0.2, 0.25) is 0 Å². The number of rotatable bonds is 8. The Kier molecular flexibility index (Phi) is 6.26. The fourth-order valence-corrected chi connectivity index (χ4v) is 4.40. The van der Waals surface area contributed by atoms with Crippen molar-refractivity contribution in [2.75, 3.05) is 0 Å². The molecule has 0 saturated heterocycles. The molecule has 162 valence electrons. The van der Waals surface area contributed by atoms with Gasteiger partial charge >= 0.3 is 0 Å². The normalized spacial score (nSPS) is 13.5. The highest BCUT2D eigenvalue weighted by molar-refractivity contribution is 5.52. The smallest absolute Gasteiger partial charge is 0.280 e. The molecule has 1 N–H and O–H groups in total. The van der Waals surface area contributed by atoms with Gasteiger partial charge in [0.1, 0.15) is 5.82 Å². The molecule has 1 aliphatic rings. The largest absolute Gasteiger partial charge is 0.494 e. The summed E-state index contributed by atoms with van der Waals surface area (Å²) in [5.41, 5.74) is 5.71. The lowest BCUT2D eigenvalue weighted by Gasteiger charge is -2.22. The average molecular weight is 417 g/mol. The average Bonchev–Trinajstić information content (AvgIpc) is 3.62. The van der Waals surface area contributed by atoms with Crippen LogP contribution in [0, 0.1) is 0 Å². The number of aromatic hydroxyl groups is 1. The number of hydrogen-bond acceptors (Lipinski definition) is 3. The van der Waals surface area contributed by atoms with Gasteiger partial charge in [-0.2, -0.15) is 4.98 Å². The molecule has 0 bridgehead atoms. The second kappa shape index (κ2) is 9.09. The Morgan fingerprint density at radius 3 is 2.19 bits per heavy atom. The molecule has 4 heteroatoms. The molecular weight excluding hydrogens is 384 g/mol. The molecule has 0 unspecified atom stereocenters. The molecule has 2 aromatic carbocycles. The lowest BCUT2D eigenvalue weighted by atomic mass is 10.0. The Bertz CT molecular complexity index is 1100. The Morgan fingerprint density at radius 1 is 1.00 bits per heavy atom. The van der Waals surface area contributed by atoms with E-state index in [1.54, 1.807) is 0 Å². The van der Waals surface area contributed by atoms with Crippen LogP contribution in [0.25, 0.3) is 5.69 Å². The van der Waals surface area contributed by atoms with Gasteiger partial charge in [0.2, 0.25) is 5.88 Å². The second-order valence-corrected chi connectivity index (χ2v) is 8.55. The lowest BCUT2D eigenvalue weighted by Crippen LogP contribution is -2.23. The second-order valence-electron chi connectivity index (χ2n) is 8.55. The monoisotopic (exact) mass is 416 g/mol. The molecule has 1 fully saturated rings. The van der Waals surface area contributed by atoms with Gasteiger partial charge in [0.05, 0.1) is 11.3 Å². The molecule has 1 heterocycles. The molecule has 0 atom stereocenters. The zero-order valence-corrected chi connectivity index (χ0v) is 18.8. The molecule has 0 aliphatic heterocycles. The Hall–Kier alpha value is -2.88. The molecule has 0 amide bonds. The molecule has 0 spiro atoms. The first-order valence-electron chi connectivity index (χ1n) is 11.6. The van der Waals surface area contributed by atoms with E-state index in [1.807, 2.05) is 4.57 Å². The number of para-hydroxylation sites is 1. The predicted molar refractivity (Wildman–Crippen MR) is 125 cm³/mol. The van der Waals surface area contributed by atoms with Crippen LogP contribution in [-0.4, -0.2) is 14.7 Å². The van der Waals surface area contributed by atoms with Crippen molar-refractivity contribution in [3.05, 3.63) is 86.5 Å². The summed E-state index contributed by atoms with van der Waals surface area (Å²) in [6.07, 6.45) is 6.10. The highest BCUT2D eigenvalue weighted by Gasteiger charge is 2.24. The van der Waals surface area contributed by atoms with Gasteiger partial charge in [0, 0.05) is 12.8 Å². The number of nitrogens with zero attached hydrogens (tertiary/aromatic N) is 2. The summed E-state index contributed by atoms with van der Waals surface area (Å²) in [6, 6.07) is 14.7. The third-order valence-corrected chi connectivity index (χ3v) is 6.30. The minimum atomic E-state index is -0.324. The minimum Gasteiger partial charge on any atom is -0.494 e. The van der Waals surface area contributed by atoms with Crippen LogP contribution in [0.1, 0.15) is 79.6 Å². The van der Waals surface area contributed by atoms with Crippen molar-refractivity contribution in [3.8, 4) is 11.6 Å². The number of hydrogen-bond donors (Lipinski definition) is 1. The van der Waals surface area contributed by atoms with Crippen molar-refractivity contribution < 1.29 is 5.11 Å². The summed E-state index contributed by atoms with van der Waals surface area (Å²) in [4.78, 5) is 17.4. The number of benzene rings is 2. The maximum absolute atomic E-state index is 12.9. The maximum atomic E-state index is 12.9. The molecule has 4 rings (SSSR count). The first-order chi connectivity index (χ1) is 15.1. The van der Waals surface area contributed by atoms with Crippen LogP contribution in [0.3, 0.4) is 0 Å². The Morgan fingerprint density at radius 2 is 1.65 bits per heavy atom. The van der Waals surface area contributed by atoms with E-state index in [0.717, 1.165) is 41.6 Å². The van der Waals surface area contributed by atoms with Gasteiger partial charge in [-0.15, -0.1) is 0 Å². The summed E-state index contributed by atoms with van der Waals surface area (Å²) in [5.74, 6) is 1.37. The van der Waals surface area contributed by atoms with Crippen molar-refractivity contribution in [2.24, 2.45) is 0 Å². The summed E-state index contributed by atoms with van der Waals surface area (Å²) < 4.78 is 1.84. The van der Waals surface area contributed by atoms with Crippen molar-refractivity contribution in [2.45, 2.75) is 71.6 Å². The lowest BCUT2D eigenvalue weighted by molar-refractivity contribution is 0.421. The van der Waals surface area contributed by atoms with Crippen molar-refractivity contribution in [1.29, 1.82) is 0 Å². The molecule has 31 heavy (non-hydrogen) atoms. The van der Waals surface area contributed by atoms with Crippen LogP contribution >= 0.6 is 0 Å². The summed E-state index contributed by atoms with van der Waals surface area (Å²) in [7, 11) is 0. The quantitative estimate of drug-likeness (QED) is 0.529. The molecule has 4 nitrogen and oxygen atoms in total. The van der Waals surface area contributed by atoms with Crippen molar-refractivity contribution in [1.82, 2.24) is 9.55 Å². The van der Waals surface area contributed by atoms with Crippen LogP contribution < -0.4 is 5.56 Å². The third kappa shape index (κ3) is 4.30. The number of aryl methyl sites for hydroxylation is 3. The van der Waals surface area contributed by atoms with Gasteiger partial charge in [-0.1, -0.05) is 63.2 Å². The topological polar surface area (TPSA) is 55.1 Å². The molecule has 1 aliphatic carbocycles. The van der Waals surface area contributed by atoms with Crippen LogP contribution in [0.15, 0.2) is 47.3 Å². The molecule has 3 aromatic rings. The van der Waals surface area contributed by atoms with E-state index >= 15 is 0 Å². The molecule has 1 aromatic heterocycles. The van der Waals surface area contributed by atoms with E-state index in [1.165, 1.54) is 18.4 Å². The first kappa shape index (κ1) is 21.4. The van der Waals surface area contributed by atoms with E-state index in [0.29, 0.717) is 30.1 Å². The third-order valence-electron chi connectivity index (χ3n) is 6.30. The van der Waals surface area contributed by atoms with E-state index in [4.69, 9.17) is 0 Å². The fraction of sp³-hybridized carbons (Fsp3) is 0.407. The van der Waals surface area contributed by atoms with E-state index in [-0.39, 0.29) is 11.4 Å². The van der Waals surface area contributed by atoms with Gasteiger partial charge in [0.25, 0.3) is 5.56 Å². The first-order valence-corrected chi connectivity index (χ1v) is 11.6. The van der Waals surface area contributed by atoms with Gasteiger partial charge < -0.3 is 5.11 Å². The van der Waals surface area contributed by atoms with Gasteiger partial charge in [0.15, 0.2) is 0 Å². The van der Waals surface area contributed by atoms with Crippen LogP contribution in [0.4, 0.5) is 0 Å². The highest BCUT2D eigenvalue weighted by Crippen LogP contribution is 2.40. The zero-order chi connectivity index (χ0) is 22.0. The summed E-state index contributed by atoms with van der Waals surface area (Å²) in [6.45, 7) is 6.30. The minimum absolute atomic E-state index is 0.0327. The Labute approximate surface area is 184 Å². The molecule has 0 radical (unpaired) electrons. The highest BCUT2D eigenvalue weighted by atomic mass is 16.3. The Balaban J connectivity index is 1.84. The van der Waals surface area contributed by atoms with Crippen molar-refractivity contribution >= 4 is 0 Å². The van der Waals surface area contributed by atoms with E-state index < -0.39 is 0 Å². The molecular formula is C27H32N2O2. The summed E-state index contributed by atoms with van der Waals surface area (Å²) in [5, 5.41) is 11.4. The number of aromatic nitrogens is 2. The zero-order valence-electron chi connectivity index (χ0n) is 18.8.